The van der Waals surface area contributed by atoms with Crippen LogP contribution in [0.25, 0.3) is 0 Å². The second-order valence-corrected chi connectivity index (χ2v) is 12.1. The van der Waals surface area contributed by atoms with E-state index in [1.807, 2.05) is 31.2 Å². The number of anilines is 1. The molecule has 0 radical (unpaired) electrons. The first-order chi connectivity index (χ1) is 18.2. The molecule has 1 saturated carbocycles. The number of hydrogen-bond donors (Lipinski definition) is 1. The number of nitrogens with zero attached hydrogens (tertiary/aromatic N) is 2. The summed E-state index contributed by atoms with van der Waals surface area (Å²) in [4.78, 5) is 28.5. The van der Waals surface area contributed by atoms with E-state index in [2.05, 4.69) is 5.32 Å². The summed E-state index contributed by atoms with van der Waals surface area (Å²) < 4.78 is 38.6. The van der Waals surface area contributed by atoms with Gasteiger partial charge >= 0.3 is 0 Å². The predicted octanol–water partition coefficient (Wildman–Crippen LogP) is 3.40. The van der Waals surface area contributed by atoms with E-state index < -0.39 is 28.5 Å². The van der Waals surface area contributed by atoms with E-state index >= 15 is 0 Å². The Morgan fingerprint density at radius 3 is 2.34 bits per heavy atom. The third-order valence-corrected chi connectivity index (χ3v) is 8.88. The zero-order valence-electron chi connectivity index (χ0n) is 22.3. The first-order valence-electron chi connectivity index (χ1n) is 13.2. The van der Waals surface area contributed by atoms with Crippen molar-refractivity contribution < 1.29 is 27.5 Å². The molecule has 1 fully saturated rings. The highest BCUT2D eigenvalue weighted by molar-refractivity contribution is 7.92. The fourth-order valence-corrected chi connectivity index (χ4v) is 5.83. The van der Waals surface area contributed by atoms with Crippen molar-refractivity contribution in [1.82, 2.24) is 10.2 Å². The minimum absolute atomic E-state index is 0.107. The predicted molar refractivity (Wildman–Crippen MR) is 146 cm³/mol. The highest BCUT2D eigenvalue weighted by Gasteiger charge is 2.32. The van der Waals surface area contributed by atoms with Gasteiger partial charge in [-0.2, -0.15) is 0 Å². The number of carbonyl (C=O) groups excluding carboxylic acids is 2. The monoisotopic (exact) mass is 543 g/mol. The Morgan fingerprint density at radius 2 is 1.68 bits per heavy atom. The number of hydrogen-bond acceptors (Lipinski definition) is 6. The van der Waals surface area contributed by atoms with Gasteiger partial charge in [-0.05, 0) is 51.3 Å². The van der Waals surface area contributed by atoms with Crippen LogP contribution in [0.2, 0.25) is 0 Å². The Balaban J connectivity index is 1.61. The molecule has 0 spiro atoms. The Morgan fingerprint density at radius 1 is 1.03 bits per heavy atom. The number of nitrogens with one attached hydrogen (secondary N) is 1. The van der Waals surface area contributed by atoms with Crippen molar-refractivity contribution in [2.24, 2.45) is 0 Å². The maximum atomic E-state index is 13.8. The van der Waals surface area contributed by atoms with E-state index in [0.717, 1.165) is 41.1 Å². The minimum Gasteiger partial charge on any atom is -0.486 e. The Hall–Kier alpha value is -3.27. The number of fused-ring (bicyclic) bond motifs is 1. The van der Waals surface area contributed by atoms with Crippen molar-refractivity contribution in [3.05, 3.63) is 53.6 Å². The van der Waals surface area contributed by atoms with E-state index in [0.29, 0.717) is 30.4 Å². The molecular formula is C28H37N3O6S. The summed E-state index contributed by atoms with van der Waals surface area (Å²) in [6.07, 6.45) is 4.00. The summed E-state index contributed by atoms with van der Waals surface area (Å²) in [5, 5.41) is 3.07. The summed E-state index contributed by atoms with van der Waals surface area (Å²) in [5.74, 6) is 0.0644. The maximum absolute atomic E-state index is 13.8. The number of benzene rings is 2. The molecule has 0 aromatic heterocycles. The average molecular weight is 544 g/mol. The molecule has 2 aromatic rings. The SMILES string of the molecule is CCS(=O)(=O)N(CC(=O)N(Cc1ccc(C)cc1)[C@H](C)C(=O)NC1CCCC1)c1ccc2c(c1)OCCO2. The quantitative estimate of drug-likeness (QED) is 0.493. The highest BCUT2D eigenvalue weighted by atomic mass is 32.2. The van der Waals surface area contributed by atoms with Crippen LogP contribution in [0.3, 0.4) is 0 Å². The van der Waals surface area contributed by atoms with Crippen LogP contribution in [0.5, 0.6) is 11.5 Å². The van der Waals surface area contributed by atoms with E-state index in [-0.39, 0.29) is 24.2 Å². The fraction of sp³-hybridized carbons (Fsp3) is 0.500. The zero-order valence-corrected chi connectivity index (χ0v) is 23.1. The van der Waals surface area contributed by atoms with Gasteiger partial charge in [0.15, 0.2) is 11.5 Å². The minimum atomic E-state index is -3.82. The second kappa shape index (κ2) is 12.1. The molecule has 1 heterocycles. The van der Waals surface area contributed by atoms with Crippen LogP contribution < -0.4 is 19.1 Å². The fourth-order valence-electron chi connectivity index (χ4n) is 4.77. The van der Waals surface area contributed by atoms with E-state index in [1.165, 1.54) is 11.8 Å². The van der Waals surface area contributed by atoms with Gasteiger partial charge in [-0.15, -0.1) is 0 Å². The number of carbonyl (C=O) groups is 2. The lowest BCUT2D eigenvalue weighted by molar-refractivity contribution is -0.139. The summed E-state index contributed by atoms with van der Waals surface area (Å²) in [7, 11) is -3.82. The summed E-state index contributed by atoms with van der Waals surface area (Å²) in [6, 6.07) is 11.9. The van der Waals surface area contributed by atoms with Crippen LogP contribution >= 0.6 is 0 Å². The van der Waals surface area contributed by atoms with Crippen molar-refractivity contribution in [2.45, 2.75) is 65.1 Å². The van der Waals surface area contributed by atoms with Crippen LogP contribution in [-0.4, -0.2) is 62.7 Å². The second-order valence-electron chi connectivity index (χ2n) is 9.91. The van der Waals surface area contributed by atoms with Gasteiger partial charge in [0.05, 0.1) is 11.4 Å². The molecule has 0 unspecified atom stereocenters. The largest absolute Gasteiger partial charge is 0.486 e. The molecule has 1 aliphatic heterocycles. The normalized spacial score (nSPS) is 16.1. The summed E-state index contributed by atoms with van der Waals surface area (Å²) in [5.41, 5.74) is 2.24. The molecule has 0 bridgehead atoms. The highest BCUT2D eigenvalue weighted by Crippen LogP contribution is 2.35. The van der Waals surface area contributed by atoms with Gasteiger partial charge in [0.2, 0.25) is 21.8 Å². The van der Waals surface area contributed by atoms with Gasteiger partial charge in [0, 0.05) is 18.7 Å². The molecule has 2 aromatic carbocycles. The lowest BCUT2D eigenvalue weighted by Crippen LogP contribution is -2.52. The van der Waals surface area contributed by atoms with Crippen LogP contribution in [-0.2, 0) is 26.2 Å². The lowest BCUT2D eigenvalue weighted by Gasteiger charge is -2.32. The van der Waals surface area contributed by atoms with Crippen molar-refractivity contribution >= 4 is 27.5 Å². The van der Waals surface area contributed by atoms with Crippen molar-refractivity contribution in [3.63, 3.8) is 0 Å². The third kappa shape index (κ3) is 6.59. The zero-order chi connectivity index (χ0) is 27.3. The molecule has 9 nitrogen and oxygen atoms in total. The van der Waals surface area contributed by atoms with E-state index in [1.54, 1.807) is 25.1 Å². The Labute approximate surface area is 225 Å². The van der Waals surface area contributed by atoms with Crippen LogP contribution in [0.1, 0.15) is 50.7 Å². The number of rotatable bonds is 10. The van der Waals surface area contributed by atoms with Gasteiger partial charge in [0.1, 0.15) is 25.8 Å². The van der Waals surface area contributed by atoms with Crippen LogP contribution in [0.15, 0.2) is 42.5 Å². The topological polar surface area (TPSA) is 105 Å². The molecule has 2 aliphatic rings. The number of aryl methyl sites for hydroxylation is 1. The lowest BCUT2D eigenvalue weighted by atomic mass is 10.1. The molecule has 2 amide bonds. The van der Waals surface area contributed by atoms with Gasteiger partial charge in [-0.25, -0.2) is 8.42 Å². The standard InChI is InChI=1S/C28H37N3O6S/c1-4-38(34,35)31(24-13-14-25-26(17-24)37-16-15-36-25)19-27(32)30(18-22-11-9-20(2)10-12-22)21(3)28(33)29-23-7-5-6-8-23/h9-14,17,21,23H,4-8,15-16,18-19H2,1-3H3,(H,29,33)/t21-/m1/s1. The van der Waals surface area contributed by atoms with E-state index in [4.69, 9.17) is 9.47 Å². The molecule has 0 saturated heterocycles. The maximum Gasteiger partial charge on any atom is 0.244 e. The molecular weight excluding hydrogens is 506 g/mol. The van der Waals surface area contributed by atoms with Gasteiger partial charge in [0.25, 0.3) is 0 Å². The summed E-state index contributed by atoms with van der Waals surface area (Å²) >= 11 is 0. The van der Waals surface area contributed by atoms with E-state index in [9.17, 15) is 18.0 Å². The van der Waals surface area contributed by atoms with Crippen molar-refractivity contribution in [1.29, 1.82) is 0 Å². The number of sulfonamides is 1. The van der Waals surface area contributed by atoms with Crippen molar-refractivity contribution in [2.75, 3.05) is 29.8 Å². The molecule has 1 aliphatic carbocycles. The number of ether oxygens (including phenoxy) is 2. The van der Waals surface area contributed by atoms with Gasteiger partial charge in [-0.3, -0.25) is 13.9 Å². The van der Waals surface area contributed by atoms with Crippen molar-refractivity contribution in [3.8, 4) is 11.5 Å². The Bertz CT molecular complexity index is 1240. The van der Waals surface area contributed by atoms with Crippen LogP contribution in [0, 0.1) is 6.92 Å². The third-order valence-electron chi connectivity index (χ3n) is 7.14. The average Bonchev–Trinajstić information content (AvgIpc) is 3.43. The first kappa shape index (κ1) is 27.8. The molecule has 38 heavy (non-hydrogen) atoms. The molecule has 1 N–H and O–H groups in total. The molecule has 10 heteroatoms. The van der Waals surface area contributed by atoms with Crippen LogP contribution in [0.4, 0.5) is 5.69 Å². The summed E-state index contributed by atoms with van der Waals surface area (Å²) in [6.45, 7) is 5.71. The smallest absolute Gasteiger partial charge is 0.244 e. The molecule has 206 valence electrons. The van der Waals surface area contributed by atoms with Gasteiger partial charge in [-0.1, -0.05) is 42.7 Å². The molecule has 4 rings (SSSR count). The Kier molecular flexibility index (Phi) is 8.81. The first-order valence-corrected chi connectivity index (χ1v) is 14.8. The van der Waals surface area contributed by atoms with Gasteiger partial charge < -0.3 is 19.7 Å². The molecule has 1 atom stereocenters. The number of amides is 2.